The number of nitrogens with zero attached hydrogens (tertiary/aromatic N) is 1. The fourth-order valence-corrected chi connectivity index (χ4v) is 3.76. The van der Waals surface area contributed by atoms with E-state index in [-0.39, 0.29) is 23.1 Å². The zero-order valence-corrected chi connectivity index (χ0v) is 18.6. The number of hydrogen-bond acceptors (Lipinski definition) is 4. The van der Waals surface area contributed by atoms with Crippen LogP contribution in [0.15, 0.2) is 24.3 Å². The summed E-state index contributed by atoms with van der Waals surface area (Å²) in [6.07, 6.45) is 3.39. The van der Waals surface area contributed by atoms with Crippen LogP contribution in [-0.4, -0.2) is 31.5 Å². The van der Waals surface area contributed by atoms with Crippen molar-refractivity contribution in [1.82, 2.24) is 4.90 Å². The van der Waals surface area contributed by atoms with Gasteiger partial charge in [0.1, 0.15) is 5.75 Å². The molecule has 0 saturated heterocycles. The molecule has 1 amide bonds. The van der Waals surface area contributed by atoms with E-state index in [9.17, 15) is 13.2 Å². The van der Waals surface area contributed by atoms with Gasteiger partial charge in [-0.3, -0.25) is 4.79 Å². The van der Waals surface area contributed by atoms with Gasteiger partial charge in [0.15, 0.2) is 0 Å². The first-order valence-electron chi connectivity index (χ1n) is 9.58. The molecule has 0 saturated carbocycles. The molecular weight excluding hydrogens is 362 g/mol. The Bertz CT molecular complexity index is 722. The molecule has 6 heteroatoms. The van der Waals surface area contributed by atoms with Crippen molar-refractivity contribution in [3.8, 4) is 5.75 Å². The summed E-state index contributed by atoms with van der Waals surface area (Å²) in [6, 6.07) is 7.03. The summed E-state index contributed by atoms with van der Waals surface area (Å²) in [5.41, 5.74) is 1.05. The standard InChI is InChI=1S/C21H35NO4S/c1-8-17(3)22(20(23)12-16(2)14-21(4,5)6)15-18-10-9-11-19(13-18)26-27(7,24)25/h9-11,13,16-17H,8,12,14-15H2,1-7H3/t16-,17-/m1/s1. The predicted molar refractivity (Wildman–Crippen MR) is 110 cm³/mol. The number of carbonyl (C=O) groups is 1. The van der Waals surface area contributed by atoms with Crippen LogP contribution in [0.5, 0.6) is 5.75 Å². The molecule has 0 fully saturated rings. The van der Waals surface area contributed by atoms with E-state index >= 15 is 0 Å². The smallest absolute Gasteiger partial charge is 0.306 e. The van der Waals surface area contributed by atoms with E-state index in [2.05, 4.69) is 34.6 Å². The van der Waals surface area contributed by atoms with Gasteiger partial charge in [-0.15, -0.1) is 0 Å². The maximum atomic E-state index is 13.0. The Morgan fingerprint density at radius 2 is 1.85 bits per heavy atom. The van der Waals surface area contributed by atoms with Crippen molar-refractivity contribution in [1.29, 1.82) is 0 Å². The minimum Gasteiger partial charge on any atom is -0.383 e. The minimum absolute atomic E-state index is 0.110. The molecule has 0 heterocycles. The number of carbonyl (C=O) groups excluding carboxylic acids is 1. The normalized spacial score (nSPS) is 14.5. The molecule has 154 valence electrons. The molecule has 1 rings (SSSR count). The highest BCUT2D eigenvalue weighted by Crippen LogP contribution is 2.27. The Hall–Kier alpha value is -1.56. The highest BCUT2D eigenvalue weighted by molar-refractivity contribution is 7.86. The first-order valence-corrected chi connectivity index (χ1v) is 11.4. The van der Waals surface area contributed by atoms with Crippen LogP contribution >= 0.6 is 0 Å². The molecular formula is C21H35NO4S. The molecule has 27 heavy (non-hydrogen) atoms. The molecule has 0 bridgehead atoms. The quantitative estimate of drug-likeness (QED) is 0.571. The number of benzene rings is 1. The maximum Gasteiger partial charge on any atom is 0.306 e. The second-order valence-electron chi connectivity index (χ2n) is 8.79. The summed E-state index contributed by atoms with van der Waals surface area (Å²) in [5, 5.41) is 0. The fraction of sp³-hybridized carbons (Fsp3) is 0.667. The molecule has 0 aliphatic rings. The van der Waals surface area contributed by atoms with E-state index in [0.29, 0.717) is 18.9 Å². The lowest BCUT2D eigenvalue weighted by Crippen LogP contribution is -2.38. The van der Waals surface area contributed by atoms with E-state index < -0.39 is 10.1 Å². The van der Waals surface area contributed by atoms with E-state index in [1.54, 1.807) is 18.2 Å². The molecule has 1 aromatic carbocycles. The molecule has 1 aromatic rings. The SMILES string of the molecule is CC[C@@H](C)N(Cc1cccc(OS(C)(=O)=O)c1)C(=O)C[C@@H](C)CC(C)(C)C. The third-order valence-corrected chi connectivity index (χ3v) is 4.92. The molecule has 5 nitrogen and oxygen atoms in total. The molecule has 0 unspecified atom stereocenters. The van der Waals surface area contributed by atoms with Crippen LogP contribution < -0.4 is 4.18 Å². The highest BCUT2D eigenvalue weighted by Gasteiger charge is 2.24. The minimum atomic E-state index is -3.57. The maximum absolute atomic E-state index is 13.0. The van der Waals surface area contributed by atoms with Crippen LogP contribution in [0, 0.1) is 11.3 Å². The number of hydrogen-bond donors (Lipinski definition) is 0. The second-order valence-corrected chi connectivity index (χ2v) is 10.4. The number of amides is 1. The molecule has 0 aromatic heterocycles. The van der Waals surface area contributed by atoms with Gasteiger partial charge in [-0.2, -0.15) is 8.42 Å². The lowest BCUT2D eigenvalue weighted by Gasteiger charge is -2.31. The van der Waals surface area contributed by atoms with Crippen LogP contribution in [0.4, 0.5) is 0 Å². The van der Waals surface area contributed by atoms with Gasteiger partial charge in [0.05, 0.1) is 6.26 Å². The van der Waals surface area contributed by atoms with Gasteiger partial charge in [0.2, 0.25) is 5.91 Å². The van der Waals surface area contributed by atoms with Crippen molar-refractivity contribution in [2.45, 2.75) is 73.4 Å². The summed E-state index contributed by atoms with van der Waals surface area (Å²) in [7, 11) is -3.57. The Labute approximate surface area is 165 Å². The Kier molecular flexibility index (Phi) is 8.33. The van der Waals surface area contributed by atoms with Crippen molar-refractivity contribution < 1.29 is 17.4 Å². The lowest BCUT2D eigenvalue weighted by molar-refractivity contribution is -0.135. The van der Waals surface area contributed by atoms with Crippen molar-refractivity contribution >= 4 is 16.0 Å². The highest BCUT2D eigenvalue weighted by atomic mass is 32.2. The predicted octanol–water partition coefficient (Wildman–Crippen LogP) is 4.61. The molecule has 0 aliphatic heterocycles. The summed E-state index contributed by atoms with van der Waals surface area (Å²) in [6.45, 7) is 13.2. The van der Waals surface area contributed by atoms with Gasteiger partial charge in [-0.1, -0.05) is 46.8 Å². The van der Waals surface area contributed by atoms with E-state index in [1.165, 1.54) is 0 Å². The van der Waals surface area contributed by atoms with Crippen LogP contribution in [0.3, 0.4) is 0 Å². The largest absolute Gasteiger partial charge is 0.383 e. The van der Waals surface area contributed by atoms with Gasteiger partial charge in [0.25, 0.3) is 0 Å². The van der Waals surface area contributed by atoms with Gasteiger partial charge in [-0.05, 0) is 48.8 Å². The average molecular weight is 398 g/mol. The average Bonchev–Trinajstić information content (AvgIpc) is 2.48. The molecule has 0 aliphatic carbocycles. The zero-order valence-electron chi connectivity index (χ0n) is 17.8. The van der Waals surface area contributed by atoms with E-state index in [4.69, 9.17) is 4.18 Å². The van der Waals surface area contributed by atoms with Gasteiger partial charge in [-0.25, -0.2) is 0 Å². The fourth-order valence-electron chi connectivity index (χ4n) is 3.31. The third kappa shape index (κ3) is 9.27. The topological polar surface area (TPSA) is 63.7 Å². The lowest BCUT2D eigenvalue weighted by atomic mass is 9.84. The van der Waals surface area contributed by atoms with Crippen LogP contribution in [0.2, 0.25) is 0 Å². The van der Waals surface area contributed by atoms with E-state index in [1.807, 2.05) is 17.9 Å². The van der Waals surface area contributed by atoms with Crippen molar-refractivity contribution in [2.75, 3.05) is 6.26 Å². The molecule has 2 atom stereocenters. The summed E-state index contributed by atoms with van der Waals surface area (Å²) in [5.74, 6) is 0.715. The number of rotatable bonds is 9. The van der Waals surface area contributed by atoms with Crippen molar-refractivity contribution in [3.05, 3.63) is 29.8 Å². The summed E-state index contributed by atoms with van der Waals surface area (Å²) >= 11 is 0. The van der Waals surface area contributed by atoms with Gasteiger partial charge >= 0.3 is 10.1 Å². The molecule has 0 radical (unpaired) electrons. The van der Waals surface area contributed by atoms with E-state index in [0.717, 1.165) is 24.7 Å². The third-order valence-electron chi connectivity index (χ3n) is 4.43. The van der Waals surface area contributed by atoms with Crippen molar-refractivity contribution in [2.24, 2.45) is 11.3 Å². The summed E-state index contributed by atoms with van der Waals surface area (Å²) < 4.78 is 27.7. The van der Waals surface area contributed by atoms with Crippen molar-refractivity contribution in [3.63, 3.8) is 0 Å². The molecule has 0 spiro atoms. The first kappa shape index (κ1) is 23.5. The van der Waals surface area contributed by atoms with Gasteiger partial charge in [0, 0.05) is 19.0 Å². The Balaban J connectivity index is 2.92. The van der Waals surface area contributed by atoms with Crippen LogP contribution in [-0.2, 0) is 21.5 Å². The van der Waals surface area contributed by atoms with Crippen LogP contribution in [0.25, 0.3) is 0 Å². The van der Waals surface area contributed by atoms with Crippen LogP contribution in [0.1, 0.15) is 66.4 Å². The first-order chi connectivity index (χ1) is 12.3. The second kappa shape index (κ2) is 9.58. The van der Waals surface area contributed by atoms with Gasteiger partial charge < -0.3 is 9.08 Å². The Morgan fingerprint density at radius 3 is 2.37 bits per heavy atom. The Morgan fingerprint density at radius 1 is 1.22 bits per heavy atom. The molecule has 0 N–H and O–H groups in total. The zero-order chi connectivity index (χ0) is 20.8. The summed E-state index contributed by atoms with van der Waals surface area (Å²) in [4.78, 5) is 14.8. The monoisotopic (exact) mass is 397 g/mol.